The molecular formula is C17H25N3O. The fourth-order valence-electron chi connectivity index (χ4n) is 3.05. The van der Waals surface area contributed by atoms with Gasteiger partial charge in [-0.3, -0.25) is 14.7 Å². The SMILES string of the molecule is O=C(CN(Cc1ccccn1)C1CC1)N1CCCCCC1. The van der Waals surface area contributed by atoms with Gasteiger partial charge in [0.25, 0.3) is 0 Å². The number of rotatable bonds is 5. The highest BCUT2D eigenvalue weighted by atomic mass is 16.2. The summed E-state index contributed by atoms with van der Waals surface area (Å²) in [4.78, 5) is 21.3. The average Bonchev–Trinajstić information content (AvgIpc) is 3.34. The Morgan fingerprint density at radius 3 is 2.57 bits per heavy atom. The molecule has 0 unspecified atom stereocenters. The van der Waals surface area contributed by atoms with Crippen LogP contribution in [0, 0.1) is 0 Å². The topological polar surface area (TPSA) is 36.4 Å². The van der Waals surface area contributed by atoms with Crippen LogP contribution in [0.2, 0.25) is 0 Å². The number of nitrogens with zero attached hydrogens (tertiary/aromatic N) is 3. The predicted molar refractivity (Wildman–Crippen MR) is 82.7 cm³/mol. The second kappa shape index (κ2) is 7.03. The minimum Gasteiger partial charge on any atom is -0.342 e. The summed E-state index contributed by atoms with van der Waals surface area (Å²) in [6.45, 7) is 3.24. The van der Waals surface area contributed by atoms with Crippen molar-refractivity contribution in [1.82, 2.24) is 14.8 Å². The molecule has 3 rings (SSSR count). The molecule has 114 valence electrons. The smallest absolute Gasteiger partial charge is 0.236 e. The molecule has 1 aromatic rings. The van der Waals surface area contributed by atoms with E-state index >= 15 is 0 Å². The zero-order valence-electron chi connectivity index (χ0n) is 12.7. The first-order valence-electron chi connectivity index (χ1n) is 8.24. The summed E-state index contributed by atoms with van der Waals surface area (Å²) in [6, 6.07) is 6.59. The molecule has 1 aliphatic heterocycles. The number of aromatic nitrogens is 1. The molecule has 2 fully saturated rings. The maximum absolute atomic E-state index is 12.5. The second-order valence-corrected chi connectivity index (χ2v) is 6.25. The van der Waals surface area contributed by atoms with Gasteiger partial charge in [-0.1, -0.05) is 18.9 Å². The molecule has 1 aliphatic carbocycles. The highest BCUT2D eigenvalue weighted by Crippen LogP contribution is 2.28. The summed E-state index contributed by atoms with van der Waals surface area (Å²) in [7, 11) is 0. The van der Waals surface area contributed by atoms with Gasteiger partial charge >= 0.3 is 0 Å². The molecule has 0 bridgehead atoms. The summed E-state index contributed by atoms with van der Waals surface area (Å²) in [5, 5.41) is 0. The van der Waals surface area contributed by atoms with Crippen LogP contribution in [0.3, 0.4) is 0 Å². The van der Waals surface area contributed by atoms with Crippen LogP contribution in [0.5, 0.6) is 0 Å². The number of pyridine rings is 1. The van der Waals surface area contributed by atoms with E-state index in [-0.39, 0.29) is 0 Å². The van der Waals surface area contributed by atoms with Crippen LogP contribution in [0.25, 0.3) is 0 Å². The van der Waals surface area contributed by atoms with Gasteiger partial charge in [-0.25, -0.2) is 0 Å². The van der Waals surface area contributed by atoms with E-state index in [2.05, 4.69) is 14.8 Å². The monoisotopic (exact) mass is 287 g/mol. The first kappa shape index (κ1) is 14.5. The number of hydrogen-bond acceptors (Lipinski definition) is 3. The fraction of sp³-hybridized carbons (Fsp3) is 0.647. The van der Waals surface area contributed by atoms with Crippen molar-refractivity contribution in [3.05, 3.63) is 30.1 Å². The van der Waals surface area contributed by atoms with E-state index in [1.54, 1.807) is 0 Å². The molecule has 2 aliphatic rings. The first-order valence-corrected chi connectivity index (χ1v) is 8.24. The average molecular weight is 287 g/mol. The predicted octanol–water partition coefficient (Wildman–Crippen LogP) is 2.45. The summed E-state index contributed by atoms with van der Waals surface area (Å²) in [6.07, 6.45) is 9.14. The third-order valence-electron chi connectivity index (χ3n) is 4.45. The summed E-state index contributed by atoms with van der Waals surface area (Å²) < 4.78 is 0. The minimum atomic E-state index is 0.305. The van der Waals surface area contributed by atoms with E-state index in [1.807, 2.05) is 24.4 Å². The molecule has 0 atom stereocenters. The standard InChI is InChI=1S/C17H25N3O/c21-17(19-11-5-1-2-6-12-19)14-20(16-8-9-16)13-15-7-3-4-10-18-15/h3-4,7,10,16H,1-2,5-6,8-9,11-14H2. The zero-order valence-corrected chi connectivity index (χ0v) is 12.7. The maximum Gasteiger partial charge on any atom is 0.236 e. The number of carbonyl (C=O) groups is 1. The normalized spacial score (nSPS) is 19.6. The van der Waals surface area contributed by atoms with Crippen LogP contribution in [0.4, 0.5) is 0 Å². The van der Waals surface area contributed by atoms with Gasteiger partial charge in [-0.15, -0.1) is 0 Å². The van der Waals surface area contributed by atoms with E-state index in [0.717, 1.165) is 38.2 Å². The summed E-state index contributed by atoms with van der Waals surface area (Å²) in [5.41, 5.74) is 1.06. The van der Waals surface area contributed by atoms with Crippen LogP contribution >= 0.6 is 0 Å². The lowest BCUT2D eigenvalue weighted by Gasteiger charge is -2.26. The highest BCUT2D eigenvalue weighted by Gasteiger charge is 2.31. The lowest BCUT2D eigenvalue weighted by molar-refractivity contribution is -0.132. The van der Waals surface area contributed by atoms with E-state index in [1.165, 1.54) is 25.7 Å². The number of likely N-dealkylation sites (tertiary alicyclic amines) is 1. The van der Waals surface area contributed by atoms with Crippen molar-refractivity contribution < 1.29 is 4.79 Å². The largest absolute Gasteiger partial charge is 0.342 e. The van der Waals surface area contributed by atoms with Gasteiger partial charge in [-0.2, -0.15) is 0 Å². The molecule has 1 saturated carbocycles. The Labute approximate surface area is 127 Å². The third kappa shape index (κ3) is 4.27. The molecule has 21 heavy (non-hydrogen) atoms. The molecule has 1 amide bonds. The van der Waals surface area contributed by atoms with Crippen molar-refractivity contribution in [2.24, 2.45) is 0 Å². The fourth-order valence-corrected chi connectivity index (χ4v) is 3.05. The molecule has 4 heteroatoms. The van der Waals surface area contributed by atoms with E-state index in [9.17, 15) is 4.79 Å². The van der Waals surface area contributed by atoms with Crippen LogP contribution in [-0.2, 0) is 11.3 Å². The van der Waals surface area contributed by atoms with Crippen molar-refractivity contribution in [3.8, 4) is 0 Å². The van der Waals surface area contributed by atoms with Crippen LogP contribution in [0.15, 0.2) is 24.4 Å². The third-order valence-corrected chi connectivity index (χ3v) is 4.45. The summed E-state index contributed by atoms with van der Waals surface area (Å²) >= 11 is 0. The molecule has 1 aromatic heterocycles. The van der Waals surface area contributed by atoms with Crippen molar-refractivity contribution in [2.45, 2.75) is 51.1 Å². The highest BCUT2D eigenvalue weighted by molar-refractivity contribution is 5.78. The Balaban J connectivity index is 1.58. The van der Waals surface area contributed by atoms with Gasteiger partial charge in [0.2, 0.25) is 5.91 Å². The van der Waals surface area contributed by atoms with Crippen LogP contribution in [-0.4, -0.2) is 46.4 Å². The van der Waals surface area contributed by atoms with Crippen molar-refractivity contribution in [1.29, 1.82) is 0 Å². The molecule has 0 N–H and O–H groups in total. The maximum atomic E-state index is 12.5. The number of carbonyl (C=O) groups excluding carboxylic acids is 1. The van der Waals surface area contributed by atoms with E-state index in [4.69, 9.17) is 0 Å². The molecule has 0 radical (unpaired) electrons. The molecule has 2 heterocycles. The lowest BCUT2D eigenvalue weighted by atomic mass is 10.2. The molecule has 4 nitrogen and oxygen atoms in total. The van der Waals surface area contributed by atoms with E-state index < -0.39 is 0 Å². The molecule has 0 aromatic carbocycles. The van der Waals surface area contributed by atoms with Crippen LogP contribution < -0.4 is 0 Å². The van der Waals surface area contributed by atoms with Gasteiger partial charge < -0.3 is 4.90 Å². The van der Waals surface area contributed by atoms with Crippen molar-refractivity contribution in [2.75, 3.05) is 19.6 Å². The number of hydrogen-bond donors (Lipinski definition) is 0. The molecule has 1 saturated heterocycles. The van der Waals surface area contributed by atoms with Gasteiger partial charge in [0.1, 0.15) is 0 Å². The Hall–Kier alpha value is -1.42. The van der Waals surface area contributed by atoms with Crippen molar-refractivity contribution >= 4 is 5.91 Å². The quantitative estimate of drug-likeness (QED) is 0.834. The lowest BCUT2D eigenvalue weighted by Crippen LogP contribution is -2.41. The Bertz CT molecular complexity index is 450. The number of amides is 1. The Kier molecular flexibility index (Phi) is 4.86. The first-order chi connectivity index (χ1) is 10.3. The molecule has 0 spiro atoms. The van der Waals surface area contributed by atoms with E-state index in [0.29, 0.717) is 18.5 Å². The van der Waals surface area contributed by atoms with Gasteiger partial charge in [0.15, 0.2) is 0 Å². The van der Waals surface area contributed by atoms with Gasteiger partial charge in [-0.05, 0) is 37.8 Å². The van der Waals surface area contributed by atoms with Crippen LogP contribution in [0.1, 0.15) is 44.2 Å². The molecular weight excluding hydrogens is 262 g/mol. The van der Waals surface area contributed by atoms with Crippen molar-refractivity contribution in [3.63, 3.8) is 0 Å². The van der Waals surface area contributed by atoms with Gasteiger partial charge in [0.05, 0.1) is 12.2 Å². The second-order valence-electron chi connectivity index (χ2n) is 6.25. The van der Waals surface area contributed by atoms with Gasteiger partial charge in [0, 0.05) is 31.9 Å². The Morgan fingerprint density at radius 2 is 1.95 bits per heavy atom. The Morgan fingerprint density at radius 1 is 1.19 bits per heavy atom. The minimum absolute atomic E-state index is 0.305. The zero-order chi connectivity index (χ0) is 14.5. The summed E-state index contributed by atoms with van der Waals surface area (Å²) in [5.74, 6) is 0.305.